The molecule has 0 heterocycles. The molecule has 0 atom stereocenters. The molecular formula is C15H16O2. The third-order valence-corrected chi connectivity index (χ3v) is 2.96. The van der Waals surface area contributed by atoms with Crippen LogP contribution >= 0.6 is 0 Å². The Morgan fingerprint density at radius 2 is 1.59 bits per heavy atom. The molecule has 0 aliphatic rings. The van der Waals surface area contributed by atoms with Gasteiger partial charge in [-0.25, -0.2) is 0 Å². The number of para-hydroxylation sites is 1. The largest absolute Gasteiger partial charge is 0.508 e. The maximum atomic E-state index is 9.72. The van der Waals surface area contributed by atoms with Gasteiger partial charge in [0, 0.05) is 0 Å². The van der Waals surface area contributed by atoms with Crippen molar-refractivity contribution in [1.29, 1.82) is 0 Å². The maximum Gasteiger partial charge on any atom is 0.133 e. The average Bonchev–Trinajstić information content (AvgIpc) is 2.33. The summed E-state index contributed by atoms with van der Waals surface area (Å²) in [5.41, 5.74) is 2.78. The van der Waals surface area contributed by atoms with E-state index in [1.54, 1.807) is 6.07 Å². The zero-order valence-electron chi connectivity index (χ0n) is 10.3. The molecule has 1 N–H and O–H groups in total. The van der Waals surface area contributed by atoms with Gasteiger partial charge in [0.15, 0.2) is 0 Å². The first-order chi connectivity index (χ1) is 8.09. The molecule has 0 fully saturated rings. The van der Waals surface area contributed by atoms with Crippen LogP contribution in [0.2, 0.25) is 0 Å². The van der Waals surface area contributed by atoms with Gasteiger partial charge in [-0.2, -0.15) is 0 Å². The molecule has 0 amide bonds. The van der Waals surface area contributed by atoms with E-state index in [0.29, 0.717) is 5.75 Å². The van der Waals surface area contributed by atoms with Gasteiger partial charge >= 0.3 is 0 Å². The van der Waals surface area contributed by atoms with Gasteiger partial charge in [0.25, 0.3) is 0 Å². The number of benzene rings is 2. The molecule has 0 unspecified atom stereocenters. The first-order valence-electron chi connectivity index (χ1n) is 5.62. The third-order valence-electron chi connectivity index (χ3n) is 2.96. The van der Waals surface area contributed by atoms with Crippen LogP contribution in [0.5, 0.6) is 17.2 Å². The third kappa shape index (κ3) is 2.26. The van der Waals surface area contributed by atoms with Crippen LogP contribution in [0.3, 0.4) is 0 Å². The Morgan fingerprint density at radius 1 is 0.941 bits per heavy atom. The van der Waals surface area contributed by atoms with Gasteiger partial charge < -0.3 is 9.84 Å². The summed E-state index contributed by atoms with van der Waals surface area (Å²) >= 11 is 0. The molecule has 0 aromatic heterocycles. The van der Waals surface area contributed by atoms with E-state index in [4.69, 9.17) is 4.74 Å². The molecule has 88 valence electrons. The van der Waals surface area contributed by atoms with Gasteiger partial charge in [-0.1, -0.05) is 18.2 Å². The highest BCUT2D eigenvalue weighted by Gasteiger charge is 2.11. The fourth-order valence-electron chi connectivity index (χ4n) is 1.80. The lowest BCUT2D eigenvalue weighted by Crippen LogP contribution is -1.94. The summed E-state index contributed by atoms with van der Waals surface area (Å²) in [5.74, 6) is 1.95. The minimum atomic E-state index is 0.320. The smallest absolute Gasteiger partial charge is 0.133 e. The number of hydrogen-bond donors (Lipinski definition) is 1. The molecule has 0 spiro atoms. The van der Waals surface area contributed by atoms with Crippen LogP contribution in [0.1, 0.15) is 16.7 Å². The van der Waals surface area contributed by atoms with Crippen LogP contribution in [0, 0.1) is 20.8 Å². The second-order valence-corrected chi connectivity index (χ2v) is 4.21. The Kier molecular flexibility index (Phi) is 3.05. The van der Waals surface area contributed by atoms with Crippen molar-refractivity contribution in [2.75, 3.05) is 0 Å². The van der Waals surface area contributed by atoms with Crippen molar-refractivity contribution < 1.29 is 9.84 Å². The molecule has 0 aliphatic carbocycles. The lowest BCUT2D eigenvalue weighted by molar-refractivity contribution is 0.455. The molecule has 0 saturated heterocycles. The molecule has 2 heteroatoms. The number of hydrogen-bond acceptors (Lipinski definition) is 2. The van der Waals surface area contributed by atoms with E-state index in [-0.39, 0.29) is 0 Å². The second kappa shape index (κ2) is 4.50. The minimum Gasteiger partial charge on any atom is -0.508 e. The summed E-state index contributed by atoms with van der Waals surface area (Å²) in [6, 6.07) is 11.4. The van der Waals surface area contributed by atoms with Crippen molar-refractivity contribution in [1.82, 2.24) is 0 Å². The van der Waals surface area contributed by atoms with Gasteiger partial charge in [0.2, 0.25) is 0 Å². The quantitative estimate of drug-likeness (QED) is 0.838. The summed E-state index contributed by atoms with van der Waals surface area (Å²) in [6.45, 7) is 5.78. The molecule has 0 bridgehead atoms. The molecule has 0 saturated carbocycles. The van der Waals surface area contributed by atoms with Crippen molar-refractivity contribution >= 4 is 0 Å². The van der Waals surface area contributed by atoms with Gasteiger partial charge in [-0.05, 0) is 55.7 Å². The lowest BCUT2D eigenvalue weighted by Gasteiger charge is -2.14. The second-order valence-electron chi connectivity index (χ2n) is 4.21. The van der Waals surface area contributed by atoms with Crippen LogP contribution in [-0.2, 0) is 0 Å². The topological polar surface area (TPSA) is 29.5 Å². The van der Waals surface area contributed by atoms with Gasteiger partial charge in [0.1, 0.15) is 17.2 Å². The van der Waals surface area contributed by atoms with Gasteiger partial charge in [0.05, 0.1) is 0 Å². The van der Waals surface area contributed by atoms with Crippen LogP contribution in [-0.4, -0.2) is 5.11 Å². The number of aromatic hydroxyl groups is 1. The highest BCUT2D eigenvalue weighted by atomic mass is 16.5. The maximum absolute atomic E-state index is 9.72. The van der Waals surface area contributed by atoms with Crippen molar-refractivity contribution in [3.63, 3.8) is 0 Å². The number of aryl methyl sites for hydroxylation is 1. The van der Waals surface area contributed by atoms with Crippen LogP contribution < -0.4 is 4.74 Å². The van der Waals surface area contributed by atoms with Gasteiger partial charge in [-0.3, -0.25) is 0 Å². The van der Waals surface area contributed by atoms with Crippen molar-refractivity contribution in [2.24, 2.45) is 0 Å². The Hall–Kier alpha value is -1.96. The standard InChI is InChI=1S/C15H16O2/c1-10-9-14(16)11(2)12(3)15(10)17-13-7-5-4-6-8-13/h4-9,16H,1-3H3. The molecule has 2 nitrogen and oxygen atoms in total. The normalized spacial score (nSPS) is 10.3. The van der Waals surface area contributed by atoms with Crippen molar-refractivity contribution in [3.8, 4) is 17.2 Å². The Labute approximate surface area is 101 Å². The Morgan fingerprint density at radius 3 is 2.24 bits per heavy atom. The predicted molar refractivity (Wildman–Crippen MR) is 68.8 cm³/mol. The average molecular weight is 228 g/mol. The van der Waals surface area contributed by atoms with E-state index in [2.05, 4.69) is 0 Å². The first kappa shape index (κ1) is 11.5. The highest BCUT2D eigenvalue weighted by Crippen LogP contribution is 2.34. The highest BCUT2D eigenvalue weighted by molar-refractivity contribution is 5.52. The Bertz CT molecular complexity index is 530. The molecule has 0 radical (unpaired) electrons. The molecule has 2 aromatic rings. The zero-order valence-corrected chi connectivity index (χ0v) is 10.3. The van der Waals surface area contributed by atoms with E-state index < -0.39 is 0 Å². The molecule has 2 rings (SSSR count). The van der Waals surface area contributed by atoms with Crippen LogP contribution in [0.4, 0.5) is 0 Å². The van der Waals surface area contributed by atoms with E-state index in [1.165, 1.54) is 0 Å². The Balaban J connectivity index is 2.43. The number of phenolic OH excluding ortho intramolecular Hbond substituents is 1. The number of phenols is 1. The van der Waals surface area contributed by atoms with Gasteiger partial charge in [-0.15, -0.1) is 0 Å². The van der Waals surface area contributed by atoms with E-state index >= 15 is 0 Å². The minimum absolute atomic E-state index is 0.320. The summed E-state index contributed by atoms with van der Waals surface area (Å²) in [5, 5.41) is 9.72. The van der Waals surface area contributed by atoms with Crippen LogP contribution in [0.15, 0.2) is 36.4 Å². The number of ether oxygens (including phenoxy) is 1. The molecule has 17 heavy (non-hydrogen) atoms. The lowest BCUT2D eigenvalue weighted by atomic mass is 10.0. The van der Waals surface area contributed by atoms with E-state index in [0.717, 1.165) is 28.2 Å². The van der Waals surface area contributed by atoms with E-state index in [9.17, 15) is 5.11 Å². The predicted octanol–water partition coefficient (Wildman–Crippen LogP) is 4.11. The summed E-state index contributed by atoms with van der Waals surface area (Å²) < 4.78 is 5.86. The fourth-order valence-corrected chi connectivity index (χ4v) is 1.80. The fraction of sp³-hybridized carbons (Fsp3) is 0.200. The monoisotopic (exact) mass is 228 g/mol. The SMILES string of the molecule is Cc1cc(O)c(C)c(C)c1Oc1ccccc1. The summed E-state index contributed by atoms with van der Waals surface area (Å²) in [7, 11) is 0. The van der Waals surface area contributed by atoms with E-state index in [1.807, 2.05) is 51.1 Å². The van der Waals surface area contributed by atoms with Crippen molar-refractivity contribution in [2.45, 2.75) is 20.8 Å². The molecule has 2 aromatic carbocycles. The van der Waals surface area contributed by atoms with Crippen LogP contribution in [0.25, 0.3) is 0 Å². The summed E-state index contributed by atoms with van der Waals surface area (Å²) in [6.07, 6.45) is 0. The number of rotatable bonds is 2. The molecular weight excluding hydrogens is 212 g/mol. The van der Waals surface area contributed by atoms with Crippen molar-refractivity contribution in [3.05, 3.63) is 53.1 Å². The zero-order chi connectivity index (χ0) is 12.4. The molecule has 0 aliphatic heterocycles. The summed E-state index contributed by atoms with van der Waals surface area (Å²) in [4.78, 5) is 0. The first-order valence-corrected chi connectivity index (χ1v) is 5.62.